The summed E-state index contributed by atoms with van der Waals surface area (Å²) in [5.41, 5.74) is 0. The Labute approximate surface area is 167 Å². The van der Waals surface area contributed by atoms with Crippen molar-refractivity contribution in [3.05, 3.63) is 13.8 Å². The molecule has 0 saturated heterocycles. The smallest absolute Gasteiger partial charge is 0.550 e. The first-order valence-corrected chi connectivity index (χ1v) is 9.88. The van der Waals surface area contributed by atoms with Gasteiger partial charge in [0.15, 0.2) is 0 Å². The first-order valence-electron chi connectivity index (χ1n) is 7.39. The largest absolute Gasteiger partial charge is 2.00 e. The molecule has 0 aromatic heterocycles. The Morgan fingerprint density at radius 3 is 1.17 bits per heavy atom. The summed E-state index contributed by atoms with van der Waals surface area (Å²) in [6, 6.07) is 0. The molecule has 0 aliphatic rings. The minimum Gasteiger partial charge on any atom is -0.550 e. The van der Waals surface area contributed by atoms with E-state index in [0.29, 0.717) is 11.5 Å². The van der Waals surface area contributed by atoms with Gasteiger partial charge in [0.2, 0.25) is 0 Å². The van der Waals surface area contributed by atoms with E-state index in [0.717, 1.165) is 24.7 Å². The van der Waals surface area contributed by atoms with Crippen molar-refractivity contribution in [2.45, 2.75) is 53.4 Å². The number of carbonyl (C=O) groups is 2. The van der Waals surface area contributed by atoms with E-state index in [-0.39, 0.29) is 36.7 Å². The van der Waals surface area contributed by atoms with Crippen molar-refractivity contribution >= 4 is 57.4 Å². The normalized spacial score (nSPS) is 9.22. The van der Waals surface area contributed by atoms with E-state index < -0.39 is 11.9 Å². The van der Waals surface area contributed by atoms with Gasteiger partial charge in [-0.15, -0.1) is 0 Å². The molecule has 0 aliphatic heterocycles. The molecule has 0 heterocycles. The first-order chi connectivity index (χ1) is 10.2. The number of rotatable bonds is 9. The maximum absolute atomic E-state index is 9.90. The monoisotopic (exact) mass is 470 g/mol. The van der Waals surface area contributed by atoms with Gasteiger partial charge in [0, 0.05) is 23.4 Å². The number of aliphatic carboxylic acids is 2. The maximum Gasteiger partial charge on any atom is 2.00 e. The Hall–Kier alpha value is 0.439. The Balaban J connectivity index is -0.000000137. The van der Waals surface area contributed by atoms with Crippen LogP contribution in [0.5, 0.6) is 0 Å². The van der Waals surface area contributed by atoms with Gasteiger partial charge in [-0.2, -0.15) is 0 Å². The van der Waals surface area contributed by atoms with E-state index in [1.54, 1.807) is 0 Å². The predicted octanol–water partition coefficient (Wildman–Crippen LogP) is 2.00. The molecule has 4 nitrogen and oxygen atoms in total. The van der Waals surface area contributed by atoms with Crippen molar-refractivity contribution in [1.29, 1.82) is 0 Å². The quantitative estimate of drug-likeness (QED) is 0.292. The molecule has 0 amide bonds. The number of hydrogen-bond acceptors (Lipinski definition) is 6. The van der Waals surface area contributed by atoms with Crippen LogP contribution in [0.2, 0.25) is 0 Å². The number of carboxylic acids is 2. The summed E-state index contributed by atoms with van der Waals surface area (Å²) < 4.78 is 0. The van der Waals surface area contributed by atoms with Crippen LogP contribution in [0.3, 0.4) is 0 Å². The molecule has 4 radical (unpaired) electrons. The van der Waals surface area contributed by atoms with E-state index in [4.69, 9.17) is 0 Å². The van der Waals surface area contributed by atoms with Crippen LogP contribution in [0.4, 0.5) is 0 Å². The molecular formula is C16H30O4S2Sn. The summed E-state index contributed by atoms with van der Waals surface area (Å²) in [6.07, 6.45) is 2.12. The molecule has 0 saturated carbocycles. The fraction of sp³-hybridized carbons (Fsp3) is 0.750. The fourth-order valence-electron chi connectivity index (χ4n) is 0.368. The van der Waals surface area contributed by atoms with E-state index in [9.17, 15) is 19.8 Å². The van der Waals surface area contributed by atoms with Crippen LogP contribution in [0.25, 0.3) is 0 Å². The Morgan fingerprint density at radius 1 is 0.826 bits per heavy atom. The van der Waals surface area contributed by atoms with Gasteiger partial charge in [0.25, 0.3) is 0 Å². The summed E-state index contributed by atoms with van der Waals surface area (Å²) in [5, 5.41) is 19.8. The van der Waals surface area contributed by atoms with Crippen LogP contribution < -0.4 is 10.2 Å². The molecule has 23 heavy (non-hydrogen) atoms. The molecule has 7 heteroatoms. The SMILES string of the molecule is O=C([O-])CCSSCCC(=O)[O-].[CH2]CC(C)C.[CH2]CC(C)C.[Sn+2]. The van der Waals surface area contributed by atoms with Crippen LogP contribution in [-0.2, 0) is 9.59 Å². The van der Waals surface area contributed by atoms with Crippen molar-refractivity contribution in [2.24, 2.45) is 11.8 Å². The standard InChI is InChI=1S/C6H10O4S2.2C5H11.Sn/c7-5(8)1-3-11-12-4-2-6(9)10;2*1-4-5(2)3;/h1-4H2,(H,7,8)(H,9,10);2*5H,1,4H2,2-3H3;/q;;;+2/p-2. The summed E-state index contributed by atoms with van der Waals surface area (Å²) in [5.74, 6) is 0.274. The number of hydrogen-bond donors (Lipinski definition) is 0. The topological polar surface area (TPSA) is 80.3 Å². The molecule has 0 N–H and O–H groups in total. The van der Waals surface area contributed by atoms with Gasteiger partial charge in [-0.25, -0.2) is 0 Å². The third-order valence-electron chi connectivity index (χ3n) is 2.02. The molecule has 0 aromatic rings. The van der Waals surface area contributed by atoms with Crippen LogP contribution in [-0.4, -0.2) is 47.4 Å². The molecule has 0 bridgehead atoms. The van der Waals surface area contributed by atoms with Crippen molar-refractivity contribution in [3.8, 4) is 0 Å². The van der Waals surface area contributed by atoms with Crippen molar-refractivity contribution in [2.75, 3.05) is 11.5 Å². The van der Waals surface area contributed by atoms with E-state index in [1.165, 1.54) is 21.6 Å². The van der Waals surface area contributed by atoms with Gasteiger partial charge in [-0.05, 0) is 24.7 Å². The second-order valence-electron chi connectivity index (χ2n) is 5.25. The van der Waals surface area contributed by atoms with Gasteiger partial charge in [0.05, 0.1) is 0 Å². The maximum atomic E-state index is 9.90. The van der Waals surface area contributed by atoms with Crippen molar-refractivity contribution < 1.29 is 19.8 Å². The molecule has 0 aromatic carbocycles. The summed E-state index contributed by atoms with van der Waals surface area (Å²) in [7, 11) is 2.66. The molecule has 0 unspecified atom stereocenters. The average Bonchev–Trinajstić information content (AvgIpc) is 2.43. The second kappa shape index (κ2) is 24.7. The second-order valence-corrected chi connectivity index (χ2v) is 7.96. The van der Waals surface area contributed by atoms with E-state index in [2.05, 4.69) is 41.5 Å². The van der Waals surface area contributed by atoms with Gasteiger partial charge in [0.1, 0.15) is 0 Å². The molecule has 0 fully saturated rings. The summed E-state index contributed by atoms with van der Waals surface area (Å²) in [4.78, 5) is 19.8. The zero-order chi connectivity index (χ0) is 18.0. The molecule has 0 spiro atoms. The van der Waals surface area contributed by atoms with Crippen LogP contribution in [0.15, 0.2) is 0 Å². The van der Waals surface area contributed by atoms with E-state index >= 15 is 0 Å². The van der Waals surface area contributed by atoms with Gasteiger partial charge in [-0.1, -0.05) is 76.0 Å². The van der Waals surface area contributed by atoms with Crippen LogP contribution in [0.1, 0.15) is 53.4 Å². The predicted molar refractivity (Wildman–Crippen MR) is 99.5 cm³/mol. The van der Waals surface area contributed by atoms with Gasteiger partial charge >= 0.3 is 23.9 Å². The Morgan fingerprint density at radius 2 is 1.04 bits per heavy atom. The van der Waals surface area contributed by atoms with Crippen LogP contribution in [0, 0.1) is 25.7 Å². The minimum absolute atomic E-state index is 0. The summed E-state index contributed by atoms with van der Waals surface area (Å²) >= 11 is 0. The molecule has 0 aliphatic carbocycles. The van der Waals surface area contributed by atoms with Gasteiger partial charge < -0.3 is 19.8 Å². The number of carbonyl (C=O) groups excluding carboxylic acids is 2. The zero-order valence-corrected chi connectivity index (χ0v) is 19.2. The molecule has 0 rings (SSSR count). The molecular weight excluding hydrogens is 439 g/mol. The van der Waals surface area contributed by atoms with Gasteiger partial charge in [-0.3, -0.25) is 0 Å². The third kappa shape index (κ3) is 51.9. The van der Waals surface area contributed by atoms with Crippen molar-refractivity contribution in [1.82, 2.24) is 0 Å². The Bertz CT molecular complexity index is 236. The molecule has 134 valence electrons. The first kappa shape index (κ1) is 31.2. The number of carboxylic acid groups (broad SMARTS) is 2. The fourth-order valence-corrected chi connectivity index (χ4v) is 2.31. The summed E-state index contributed by atoms with van der Waals surface area (Å²) in [6.45, 7) is 16.0. The molecule has 0 atom stereocenters. The van der Waals surface area contributed by atoms with E-state index in [1.807, 2.05) is 0 Å². The zero-order valence-electron chi connectivity index (χ0n) is 14.8. The third-order valence-corrected chi connectivity index (χ3v) is 4.43. The minimum atomic E-state index is -1.08. The average molecular weight is 469 g/mol. The Kier molecular flexibility index (Phi) is 33.5. The van der Waals surface area contributed by atoms with Crippen LogP contribution >= 0.6 is 21.6 Å². The van der Waals surface area contributed by atoms with Crippen molar-refractivity contribution in [3.63, 3.8) is 0 Å².